The first-order chi connectivity index (χ1) is 17.1. The lowest BCUT2D eigenvalue weighted by Gasteiger charge is -2.10. The summed E-state index contributed by atoms with van der Waals surface area (Å²) in [4.78, 5) is 8.74. The Bertz CT molecular complexity index is 1360. The highest BCUT2D eigenvalue weighted by Gasteiger charge is 2.46. The van der Waals surface area contributed by atoms with Crippen molar-refractivity contribution >= 4 is 5.69 Å². The third-order valence-corrected chi connectivity index (χ3v) is 6.16. The Morgan fingerprint density at radius 2 is 1.86 bits per heavy atom. The van der Waals surface area contributed by atoms with Crippen LogP contribution in [0.5, 0.6) is 5.75 Å². The number of anilines is 1. The van der Waals surface area contributed by atoms with Crippen LogP contribution >= 0.6 is 0 Å². The largest absolute Gasteiger partial charge is 0.573 e. The van der Waals surface area contributed by atoms with Crippen LogP contribution in [0.2, 0.25) is 0 Å². The lowest BCUT2D eigenvalue weighted by molar-refractivity contribution is -0.767. The number of nitrogens with zero attached hydrogens (tertiary/aromatic N) is 6. The van der Waals surface area contributed by atoms with Gasteiger partial charge >= 0.3 is 6.36 Å². The van der Waals surface area contributed by atoms with Crippen LogP contribution in [0.3, 0.4) is 0 Å². The van der Waals surface area contributed by atoms with Gasteiger partial charge in [-0.1, -0.05) is 17.3 Å². The second-order valence-electron chi connectivity index (χ2n) is 9.33. The topological polar surface area (TPSA) is 90.9 Å². The predicted octanol–water partition coefficient (Wildman–Crippen LogP) is 4.12. The lowest BCUT2D eigenvalue weighted by Crippen LogP contribution is -2.21. The first-order valence-electron chi connectivity index (χ1n) is 11.3. The van der Waals surface area contributed by atoms with E-state index in [1.54, 1.807) is 4.68 Å². The normalized spacial score (nSPS) is 16.7. The minimum atomic E-state index is -4.76. The Morgan fingerprint density at radius 1 is 1.11 bits per heavy atom. The molecule has 12 heteroatoms. The maximum Gasteiger partial charge on any atom is 0.573 e. The van der Waals surface area contributed by atoms with E-state index in [0.29, 0.717) is 24.0 Å². The highest BCUT2D eigenvalue weighted by atomic mass is 19.4. The van der Waals surface area contributed by atoms with E-state index in [4.69, 9.17) is 4.52 Å². The van der Waals surface area contributed by atoms with Crippen LogP contribution in [-0.2, 0) is 6.54 Å². The van der Waals surface area contributed by atoms with E-state index in [1.807, 2.05) is 25.1 Å². The van der Waals surface area contributed by atoms with E-state index in [9.17, 15) is 13.2 Å². The molecule has 3 heterocycles. The fraction of sp³-hybridized carbons (Fsp3) is 0.333. The Labute approximate surface area is 205 Å². The van der Waals surface area contributed by atoms with Crippen LogP contribution in [0.15, 0.2) is 53.1 Å². The molecular weight excluding hydrogens is 475 g/mol. The summed E-state index contributed by atoms with van der Waals surface area (Å²) in [6.45, 7) is 4.46. The zero-order valence-electron chi connectivity index (χ0n) is 20.0. The quantitative estimate of drug-likeness (QED) is 0.288. The van der Waals surface area contributed by atoms with Crippen molar-refractivity contribution in [1.82, 2.24) is 24.9 Å². The summed E-state index contributed by atoms with van der Waals surface area (Å²) in [5, 5.41) is 11.9. The van der Waals surface area contributed by atoms with Gasteiger partial charge in [0.1, 0.15) is 18.1 Å². The van der Waals surface area contributed by atoms with Gasteiger partial charge in [0.25, 0.3) is 5.89 Å². The third kappa shape index (κ3) is 5.48. The predicted molar refractivity (Wildman–Crippen MR) is 125 cm³/mol. The molecule has 9 nitrogen and oxygen atoms in total. The van der Waals surface area contributed by atoms with Gasteiger partial charge in [0.15, 0.2) is 6.04 Å². The maximum atomic E-state index is 12.4. The van der Waals surface area contributed by atoms with Crippen LogP contribution < -0.4 is 10.1 Å². The number of benzene rings is 2. The molecule has 2 aromatic heterocycles. The van der Waals surface area contributed by atoms with E-state index in [0.717, 1.165) is 22.3 Å². The molecule has 1 aliphatic heterocycles. The second kappa shape index (κ2) is 8.94. The molecule has 0 radical (unpaired) electrons. The van der Waals surface area contributed by atoms with Crippen LogP contribution in [0.4, 0.5) is 18.9 Å². The minimum absolute atomic E-state index is 0.114. The van der Waals surface area contributed by atoms with Gasteiger partial charge in [0.2, 0.25) is 11.6 Å². The van der Waals surface area contributed by atoms with Crippen molar-refractivity contribution in [2.45, 2.75) is 25.9 Å². The van der Waals surface area contributed by atoms with Gasteiger partial charge < -0.3 is 19.1 Å². The van der Waals surface area contributed by atoms with E-state index < -0.39 is 6.36 Å². The molecule has 0 amide bonds. The number of rotatable bonds is 8. The number of nitrogens with one attached hydrogen (secondary N) is 1. The molecule has 188 valence electrons. The van der Waals surface area contributed by atoms with Gasteiger partial charge in [0, 0.05) is 11.3 Å². The first kappa shape index (κ1) is 23.8. The molecule has 36 heavy (non-hydrogen) atoms. The molecule has 5 rings (SSSR count). The smallest absolute Gasteiger partial charge is 0.406 e. The molecule has 0 saturated carbocycles. The van der Waals surface area contributed by atoms with Crippen molar-refractivity contribution in [3.63, 3.8) is 0 Å². The third-order valence-electron chi connectivity index (χ3n) is 6.16. The minimum Gasteiger partial charge on any atom is -0.406 e. The molecule has 1 fully saturated rings. The molecule has 0 aliphatic carbocycles. The number of likely N-dealkylation sites (N-methyl/N-ethyl adjacent to an activating group) is 1. The van der Waals surface area contributed by atoms with Crippen molar-refractivity contribution in [1.29, 1.82) is 0 Å². The molecule has 0 bridgehead atoms. The number of ether oxygens (including phenoxy) is 1. The SMILES string of the molecule is Cc1nc(-c2nc(-c3ccc(OC(F)(F)F)cc3)no2)nn1Cc1cccc(NCC2C[N+]2(C)C)c1. The molecule has 1 aliphatic rings. The van der Waals surface area contributed by atoms with Gasteiger partial charge in [-0.3, -0.25) is 0 Å². The highest BCUT2D eigenvalue weighted by molar-refractivity contribution is 5.57. The number of quaternary nitrogens is 1. The fourth-order valence-electron chi connectivity index (χ4n) is 3.89. The van der Waals surface area contributed by atoms with Crippen molar-refractivity contribution < 1.29 is 26.9 Å². The number of hydrogen-bond acceptors (Lipinski definition) is 7. The van der Waals surface area contributed by atoms with Crippen molar-refractivity contribution in [3.05, 3.63) is 59.9 Å². The molecule has 1 unspecified atom stereocenters. The lowest BCUT2D eigenvalue weighted by atomic mass is 10.2. The summed E-state index contributed by atoms with van der Waals surface area (Å²) in [6, 6.07) is 14.0. The molecule has 1 atom stereocenters. The number of hydrogen-bond donors (Lipinski definition) is 1. The maximum absolute atomic E-state index is 12.4. The molecule has 2 aromatic carbocycles. The van der Waals surface area contributed by atoms with Gasteiger partial charge in [0.05, 0.1) is 27.2 Å². The van der Waals surface area contributed by atoms with Gasteiger partial charge in [-0.25, -0.2) is 9.67 Å². The summed E-state index contributed by atoms with van der Waals surface area (Å²) < 4.78 is 49.1. The molecule has 4 aromatic rings. The molecule has 0 spiro atoms. The Hall–Kier alpha value is -3.93. The summed E-state index contributed by atoms with van der Waals surface area (Å²) in [6.07, 6.45) is -4.76. The van der Waals surface area contributed by atoms with Crippen molar-refractivity contribution in [2.24, 2.45) is 0 Å². The number of alkyl halides is 3. The van der Waals surface area contributed by atoms with Gasteiger partial charge in [-0.05, 0) is 48.9 Å². The van der Waals surface area contributed by atoms with Gasteiger partial charge in [-0.2, -0.15) is 4.98 Å². The van der Waals surface area contributed by atoms with Crippen LogP contribution in [0, 0.1) is 6.92 Å². The molecular formula is C24H25F3N7O2+. The average Bonchev–Trinajstić information content (AvgIpc) is 3.14. The molecule has 1 saturated heterocycles. The number of aryl methyl sites for hydroxylation is 1. The summed E-state index contributed by atoms with van der Waals surface area (Å²) in [5.41, 5.74) is 2.59. The number of aromatic nitrogens is 5. The van der Waals surface area contributed by atoms with Crippen LogP contribution in [0.25, 0.3) is 23.1 Å². The second-order valence-corrected chi connectivity index (χ2v) is 9.33. The van der Waals surface area contributed by atoms with E-state index >= 15 is 0 Å². The standard InChI is InChI=1S/C24H25F3N7O2/c1-15-29-22(23-30-21(32-36-23)17-7-9-20(10-8-17)35-24(25,26)27)31-33(15)13-16-5-4-6-18(11-16)28-12-19-14-34(19,2)3/h4-11,19,28H,12-14H2,1-3H3/q+1. The first-order valence-corrected chi connectivity index (χ1v) is 11.3. The number of halogens is 3. The van der Waals surface area contributed by atoms with E-state index in [1.165, 1.54) is 30.8 Å². The monoisotopic (exact) mass is 500 g/mol. The zero-order valence-corrected chi connectivity index (χ0v) is 20.0. The summed E-state index contributed by atoms with van der Waals surface area (Å²) >= 11 is 0. The van der Waals surface area contributed by atoms with Gasteiger partial charge in [-0.15, -0.1) is 18.3 Å². The highest BCUT2D eigenvalue weighted by Crippen LogP contribution is 2.27. The average molecular weight is 501 g/mol. The van der Waals surface area contributed by atoms with E-state index in [-0.39, 0.29) is 23.3 Å². The van der Waals surface area contributed by atoms with Crippen LogP contribution in [-0.4, -0.2) is 69.0 Å². The summed E-state index contributed by atoms with van der Waals surface area (Å²) in [7, 11) is 4.45. The Kier molecular flexibility index (Phi) is 5.91. The van der Waals surface area contributed by atoms with E-state index in [2.05, 4.69) is 50.4 Å². The fourth-order valence-corrected chi connectivity index (χ4v) is 3.89. The molecule has 1 N–H and O–H groups in total. The van der Waals surface area contributed by atoms with Crippen molar-refractivity contribution in [3.8, 4) is 28.9 Å². The van der Waals surface area contributed by atoms with Crippen LogP contribution in [0.1, 0.15) is 11.4 Å². The van der Waals surface area contributed by atoms with Crippen molar-refractivity contribution in [2.75, 3.05) is 32.5 Å². The zero-order chi connectivity index (χ0) is 25.5. The summed E-state index contributed by atoms with van der Waals surface area (Å²) in [5.74, 6) is 0.928. The Balaban J connectivity index is 1.26. The Morgan fingerprint density at radius 3 is 2.56 bits per heavy atom.